The van der Waals surface area contributed by atoms with E-state index in [1.54, 1.807) is 11.8 Å². The van der Waals surface area contributed by atoms with E-state index in [-0.39, 0.29) is 6.04 Å². The van der Waals surface area contributed by atoms with Crippen molar-refractivity contribution < 1.29 is 0 Å². The molecule has 20 heavy (non-hydrogen) atoms. The van der Waals surface area contributed by atoms with Gasteiger partial charge in [-0.1, -0.05) is 47.5 Å². The molecule has 1 unspecified atom stereocenters. The molecule has 0 saturated carbocycles. The molecule has 2 aromatic carbocycles. The molecule has 3 N–H and O–H groups in total. The Morgan fingerprint density at radius 3 is 2.35 bits per heavy atom. The van der Waals surface area contributed by atoms with Crippen molar-refractivity contribution in [2.75, 3.05) is 6.26 Å². The second-order valence-corrected chi connectivity index (χ2v) is 6.03. The predicted octanol–water partition coefficient (Wildman–Crippen LogP) is 4.46. The number of hydrogen-bond donors (Lipinski definition) is 2. The summed E-state index contributed by atoms with van der Waals surface area (Å²) in [4.78, 5) is 1.19. The number of benzene rings is 2. The van der Waals surface area contributed by atoms with Crippen LogP contribution in [0.2, 0.25) is 10.0 Å². The zero-order chi connectivity index (χ0) is 14.5. The van der Waals surface area contributed by atoms with E-state index in [0.717, 1.165) is 11.1 Å². The molecule has 0 radical (unpaired) electrons. The van der Waals surface area contributed by atoms with Gasteiger partial charge in [0.2, 0.25) is 0 Å². The first-order valence-electron chi connectivity index (χ1n) is 6.19. The second-order valence-electron chi connectivity index (χ2n) is 4.37. The Kier molecular flexibility index (Phi) is 5.75. The highest BCUT2D eigenvalue weighted by Gasteiger charge is 2.17. The molecule has 106 valence electrons. The van der Waals surface area contributed by atoms with Gasteiger partial charge in [0, 0.05) is 14.9 Å². The van der Waals surface area contributed by atoms with Crippen molar-refractivity contribution in [3.63, 3.8) is 0 Å². The highest BCUT2D eigenvalue weighted by Crippen LogP contribution is 2.32. The van der Waals surface area contributed by atoms with Crippen molar-refractivity contribution in [2.24, 2.45) is 5.84 Å². The standard InChI is InChI=1S/C15H16Cl2N2S/c1-20-15-8-3-2-5-10(15)14(19-18)9-11-12(16)6-4-7-13(11)17/h2-8,14,19H,9,18H2,1H3. The van der Waals surface area contributed by atoms with Gasteiger partial charge in [0.05, 0.1) is 6.04 Å². The first kappa shape index (κ1) is 15.7. The Balaban J connectivity index is 2.34. The van der Waals surface area contributed by atoms with Crippen molar-refractivity contribution >= 4 is 35.0 Å². The van der Waals surface area contributed by atoms with Gasteiger partial charge < -0.3 is 0 Å². The maximum absolute atomic E-state index is 6.23. The molecule has 0 aliphatic heterocycles. The van der Waals surface area contributed by atoms with Crippen LogP contribution in [0, 0.1) is 0 Å². The topological polar surface area (TPSA) is 38.0 Å². The molecular weight excluding hydrogens is 311 g/mol. The van der Waals surface area contributed by atoms with Gasteiger partial charge in [-0.15, -0.1) is 11.8 Å². The van der Waals surface area contributed by atoms with E-state index >= 15 is 0 Å². The summed E-state index contributed by atoms with van der Waals surface area (Å²) in [6, 6.07) is 13.7. The van der Waals surface area contributed by atoms with Crippen molar-refractivity contribution in [1.82, 2.24) is 5.43 Å². The Morgan fingerprint density at radius 1 is 1.10 bits per heavy atom. The number of thioether (sulfide) groups is 1. The number of halogens is 2. The summed E-state index contributed by atoms with van der Waals surface area (Å²) in [5, 5.41) is 1.33. The van der Waals surface area contributed by atoms with Gasteiger partial charge >= 0.3 is 0 Å². The first-order valence-corrected chi connectivity index (χ1v) is 8.17. The summed E-state index contributed by atoms with van der Waals surface area (Å²) in [6.07, 6.45) is 2.70. The highest BCUT2D eigenvalue weighted by atomic mass is 35.5. The van der Waals surface area contributed by atoms with Crippen LogP contribution in [0.25, 0.3) is 0 Å². The largest absolute Gasteiger partial charge is 0.271 e. The molecule has 1 atom stereocenters. The van der Waals surface area contributed by atoms with E-state index < -0.39 is 0 Å². The van der Waals surface area contributed by atoms with Gasteiger partial charge in [0.1, 0.15) is 0 Å². The molecule has 0 saturated heterocycles. The van der Waals surface area contributed by atoms with Crippen LogP contribution in [0.4, 0.5) is 0 Å². The number of hydrazine groups is 1. The van der Waals surface area contributed by atoms with Gasteiger partial charge in [0.15, 0.2) is 0 Å². The summed E-state index contributed by atoms with van der Waals surface area (Å²) in [6.45, 7) is 0. The Labute approximate surface area is 133 Å². The summed E-state index contributed by atoms with van der Waals surface area (Å²) >= 11 is 14.2. The molecule has 2 nitrogen and oxygen atoms in total. The van der Waals surface area contributed by atoms with E-state index in [2.05, 4.69) is 23.8 Å². The van der Waals surface area contributed by atoms with E-state index in [1.165, 1.54) is 4.90 Å². The van der Waals surface area contributed by atoms with Crippen LogP contribution in [-0.4, -0.2) is 6.26 Å². The molecule has 0 aromatic heterocycles. The van der Waals surface area contributed by atoms with E-state index in [1.807, 2.05) is 30.3 Å². The maximum atomic E-state index is 6.23. The molecule has 0 amide bonds. The third kappa shape index (κ3) is 3.48. The molecule has 2 aromatic rings. The lowest BCUT2D eigenvalue weighted by Gasteiger charge is -2.20. The number of hydrogen-bond acceptors (Lipinski definition) is 3. The Hall–Kier alpha value is -0.710. The van der Waals surface area contributed by atoms with Crippen LogP contribution in [-0.2, 0) is 6.42 Å². The molecular formula is C15H16Cl2N2S. The zero-order valence-corrected chi connectivity index (χ0v) is 13.4. The summed E-state index contributed by atoms with van der Waals surface area (Å²) in [7, 11) is 0. The SMILES string of the molecule is CSc1ccccc1C(Cc1c(Cl)cccc1Cl)NN. The zero-order valence-electron chi connectivity index (χ0n) is 11.1. The predicted molar refractivity (Wildman–Crippen MR) is 88.5 cm³/mol. The molecule has 0 aliphatic carbocycles. The maximum Gasteiger partial charge on any atom is 0.0512 e. The summed E-state index contributed by atoms with van der Waals surface area (Å²) in [5.74, 6) is 5.73. The third-order valence-electron chi connectivity index (χ3n) is 3.19. The van der Waals surface area contributed by atoms with E-state index in [4.69, 9.17) is 29.0 Å². The molecule has 5 heteroatoms. The smallest absolute Gasteiger partial charge is 0.0512 e. The first-order chi connectivity index (χ1) is 9.67. The van der Waals surface area contributed by atoms with Crippen molar-refractivity contribution in [3.05, 3.63) is 63.6 Å². The normalized spacial score (nSPS) is 12.4. The van der Waals surface area contributed by atoms with Gasteiger partial charge in [0.25, 0.3) is 0 Å². The number of nitrogens with one attached hydrogen (secondary N) is 1. The lowest BCUT2D eigenvalue weighted by atomic mass is 9.99. The fourth-order valence-electron chi connectivity index (χ4n) is 2.14. The van der Waals surface area contributed by atoms with Crippen LogP contribution in [0.1, 0.15) is 17.2 Å². The molecule has 0 spiro atoms. The van der Waals surface area contributed by atoms with E-state index in [9.17, 15) is 0 Å². The van der Waals surface area contributed by atoms with E-state index in [0.29, 0.717) is 16.5 Å². The van der Waals surface area contributed by atoms with Gasteiger partial charge in [-0.05, 0) is 42.0 Å². The Morgan fingerprint density at radius 2 is 1.75 bits per heavy atom. The second kappa shape index (κ2) is 7.34. The lowest BCUT2D eigenvalue weighted by molar-refractivity contribution is 0.544. The van der Waals surface area contributed by atoms with Crippen LogP contribution < -0.4 is 11.3 Å². The number of rotatable bonds is 5. The number of nitrogens with two attached hydrogens (primary N) is 1. The van der Waals surface area contributed by atoms with Gasteiger partial charge in [-0.3, -0.25) is 11.3 Å². The van der Waals surface area contributed by atoms with Gasteiger partial charge in [-0.2, -0.15) is 0 Å². The highest BCUT2D eigenvalue weighted by molar-refractivity contribution is 7.98. The average Bonchev–Trinajstić information content (AvgIpc) is 2.47. The average molecular weight is 327 g/mol. The Bertz CT molecular complexity index is 570. The minimum Gasteiger partial charge on any atom is -0.271 e. The van der Waals surface area contributed by atoms with Crippen molar-refractivity contribution in [3.8, 4) is 0 Å². The molecule has 0 aliphatic rings. The monoisotopic (exact) mass is 326 g/mol. The van der Waals surface area contributed by atoms with Gasteiger partial charge in [-0.25, -0.2) is 0 Å². The lowest BCUT2D eigenvalue weighted by Crippen LogP contribution is -2.30. The van der Waals surface area contributed by atoms with Crippen LogP contribution in [0.15, 0.2) is 47.4 Å². The fraction of sp³-hybridized carbons (Fsp3) is 0.200. The molecule has 0 fully saturated rings. The minimum absolute atomic E-state index is 0.0314. The van der Waals surface area contributed by atoms with Crippen LogP contribution in [0.3, 0.4) is 0 Å². The third-order valence-corrected chi connectivity index (χ3v) is 4.71. The quantitative estimate of drug-likeness (QED) is 0.484. The summed E-state index contributed by atoms with van der Waals surface area (Å²) in [5.41, 5.74) is 4.93. The fourth-order valence-corrected chi connectivity index (χ4v) is 3.36. The molecule has 0 heterocycles. The minimum atomic E-state index is -0.0314. The van der Waals surface area contributed by atoms with Crippen LogP contribution in [0.5, 0.6) is 0 Å². The van der Waals surface area contributed by atoms with Crippen LogP contribution >= 0.6 is 35.0 Å². The molecule has 0 bridgehead atoms. The van der Waals surface area contributed by atoms with Crippen molar-refractivity contribution in [2.45, 2.75) is 17.4 Å². The molecule has 2 rings (SSSR count). The summed E-state index contributed by atoms with van der Waals surface area (Å²) < 4.78 is 0. The van der Waals surface area contributed by atoms with Crippen molar-refractivity contribution in [1.29, 1.82) is 0 Å².